The van der Waals surface area contributed by atoms with E-state index in [-0.39, 0.29) is 5.91 Å². The highest BCUT2D eigenvalue weighted by atomic mass is 16.3. The van der Waals surface area contributed by atoms with Crippen LogP contribution in [0, 0.1) is 11.3 Å². The van der Waals surface area contributed by atoms with Gasteiger partial charge in [-0.1, -0.05) is 13.8 Å². The van der Waals surface area contributed by atoms with Crippen LogP contribution in [0.1, 0.15) is 54.3 Å². The maximum Gasteiger partial charge on any atom is 0.236 e. The molecule has 2 aliphatic rings. The van der Waals surface area contributed by atoms with E-state index in [1.807, 2.05) is 17.0 Å². The lowest BCUT2D eigenvalue weighted by molar-refractivity contribution is -0.130. The SMILES string of the molecule is CC(C)c1nc(N2CCN(C(=O)CNCc3ccco3)CC2)c(C#N)c2c1CCC2. The Balaban J connectivity index is 1.41. The number of hydrogen-bond donors (Lipinski definition) is 1. The highest BCUT2D eigenvalue weighted by Crippen LogP contribution is 2.35. The summed E-state index contributed by atoms with van der Waals surface area (Å²) in [7, 11) is 0. The molecule has 0 atom stereocenters. The zero-order valence-electron chi connectivity index (χ0n) is 17.8. The van der Waals surface area contributed by atoms with Crippen molar-refractivity contribution in [3.8, 4) is 6.07 Å². The molecule has 0 unspecified atom stereocenters. The van der Waals surface area contributed by atoms with Crippen molar-refractivity contribution in [1.82, 2.24) is 15.2 Å². The molecular formula is C23H29N5O2. The molecule has 1 amide bonds. The number of furan rings is 1. The number of hydrogen-bond acceptors (Lipinski definition) is 6. The van der Waals surface area contributed by atoms with Crippen LogP contribution in [0.3, 0.4) is 0 Å². The third kappa shape index (κ3) is 4.05. The van der Waals surface area contributed by atoms with Crippen LogP contribution in [0.4, 0.5) is 5.82 Å². The number of amides is 1. The Morgan fingerprint density at radius 2 is 2.03 bits per heavy atom. The average Bonchev–Trinajstić information content (AvgIpc) is 3.44. The van der Waals surface area contributed by atoms with Gasteiger partial charge in [0.15, 0.2) is 0 Å². The topological polar surface area (TPSA) is 85.4 Å². The number of rotatable bonds is 6. The van der Waals surface area contributed by atoms with Crippen LogP contribution in [0.15, 0.2) is 22.8 Å². The van der Waals surface area contributed by atoms with Crippen LogP contribution in [-0.4, -0.2) is 48.5 Å². The lowest BCUT2D eigenvalue weighted by atomic mass is 9.97. The van der Waals surface area contributed by atoms with E-state index in [2.05, 4.69) is 30.1 Å². The van der Waals surface area contributed by atoms with Crippen LogP contribution in [0.5, 0.6) is 0 Å². The fourth-order valence-corrected chi connectivity index (χ4v) is 4.48. The van der Waals surface area contributed by atoms with E-state index in [0.717, 1.165) is 42.1 Å². The monoisotopic (exact) mass is 407 g/mol. The summed E-state index contributed by atoms with van der Waals surface area (Å²) < 4.78 is 5.28. The Labute approximate surface area is 177 Å². The lowest BCUT2D eigenvalue weighted by Gasteiger charge is -2.36. The zero-order valence-corrected chi connectivity index (χ0v) is 17.8. The zero-order chi connectivity index (χ0) is 21.1. The summed E-state index contributed by atoms with van der Waals surface area (Å²) in [5, 5.41) is 13.0. The van der Waals surface area contributed by atoms with Crippen LogP contribution in [0.25, 0.3) is 0 Å². The molecule has 2 aromatic heterocycles. The molecule has 0 saturated carbocycles. The third-order valence-electron chi connectivity index (χ3n) is 6.02. The molecule has 4 rings (SSSR count). The molecule has 1 saturated heterocycles. The smallest absolute Gasteiger partial charge is 0.236 e. The number of nitrogens with one attached hydrogen (secondary N) is 1. The molecule has 1 fully saturated rings. The molecule has 0 spiro atoms. The number of nitrogens with zero attached hydrogens (tertiary/aromatic N) is 4. The number of pyridine rings is 1. The lowest BCUT2D eigenvalue weighted by Crippen LogP contribution is -2.51. The summed E-state index contributed by atoms with van der Waals surface area (Å²) in [6.07, 6.45) is 4.72. The van der Waals surface area contributed by atoms with Crippen LogP contribution in [-0.2, 0) is 24.2 Å². The van der Waals surface area contributed by atoms with Crippen molar-refractivity contribution in [2.24, 2.45) is 0 Å². The van der Waals surface area contributed by atoms with Crippen molar-refractivity contribution in [3.05, 3.63) is 46.5 Å². The van der Waals surface area contributed by atoms with Gasteiger partial charge in [0.05, 0.1) is 24.9 Å². The van der Waals surface area contributed by atoms with Gasteiger partial charge in [-0.3, -0.25) is 4.79 Å². The van der Waals surface area contributed by atoms with E-state index in [1.165, 1.54) is 11.1 Å². The molecule has 30 heavy (non-hydrogen) atoms. The number of carbonyl (C=O) groups excluding carboxylic acids is 1. The molecule has 0 aromatic carbocycles. The summed E-state index contributed by atoms with van der Waals surface area (Å²) in [6.45, 7) is 7.85. The van der Waals surface area contributed by atoms with Crippen LogP contribution < -0.4 is 10.2 Å². The molecule has 158 valence electrons. The Bertz CT molecular complexity index is 937. The molecule has 3 heterocycles. The number of piperazine rings is 1. The number of nitriles is 1. The first-order valence-corrected chi connectivity index (χ1v) is 10.8. The van der Waals surface area contributed by atoms with Crippen molar-refractivity contribution in [1.29, 1.82) is 5.26 Å². The molecule has 1 aliphatic carbocycles. The van der Waals surface area contributed by atoms with Gasteiger partial charge in [0.1, 0.15) is 17.6 Å². The first-order valence-electron chi connectivity index (χ1n) is 10.8. The Kier molecular flexibility index (Phi) is 6.05. The molecule has 1 N–H and O–H groups in total. The standard InChI is InChI=1S/C23H29N5O2/c1-16(2)22-19-7-3-6-18(19)20(13-24)23(26-22)28-10-8-27(9-11-28)21(29)15-25-14-17-5-4-12-30-17/h4-5,12,16,25H,3,6-11,14-15H2,1-2H3. The van der Waals surface area contributed by atoms with Gasteiger partial charge in [-0.05, 0) is 48.4 Å². The van der Waals surface area contributed by atoms with E-state index in [1.54, 1.807) is 6.26 Å². The molecule has 0 bridgehead atoms. The quantitative estimate of drug-likeness (QED) is 0.792. The van der Waals surface area contributed by atoms with E-state index in [9.17, 15) is 10.1 Å². The number of carbonyl (C=O) groups is 1. The summed E-state index contributed by atoms with van der Waals surface area (Å²) in [5.74, 6) is 2.06. The summed E-state index contributed by atoms with van der Waals surface area (Å²) in [4.78, 5) is 21.6. The molecule has 7 nitrogen and oxygen atoms in total. The van der Waals surface area contributed by atoms with E-state index in [4.69, 9.17) is 9.40 Å². The number of aromatic nitrogens is 1. The van der Waals surface area contributed by atoms with Crippen molar-refractivity contribution >= 4 is 11.7 Å². The first kappa shape index (κ1) is 20.4. The van der Waals surface area contributed by atoms with Gasteiger partial charge in [0, 0.05) is 31.9 Å². The van der Waals surface area contributed by atoms with Gasteiger partial charge < -0.3 is 19.5 Å². The van der Waals surface area contributed by atoms with Gasteiger partial charge in [-0.15, -0.1) is 0 Å². The fourth-order valence-electron chi connectivity index (χ4n) is 4.48. The van der Waals surface area contributed by atoms with E-state index >= 15 is 0 Å². The summed E-state index contributed by atoms with van der Waals surface area (Å²) in [6, 6.07) is 6.16. The molecule has 2 aromatic rings. The normalized spacial score (nSPS) is 16.1. The van der Waals surface area contributed by atoms with Gasteiger partial charge in [0.2, 0.25) is 5.91 Å². The first-order chi connectivity index (χ1) is 14.6. The van der Waals surface area contributed by atoms with Crippen LogP contribution in [0.2, 0.25) is 0 Å². The molecular weight excluding hydrogens is 378 g/mol. The van der Waals surface area contributed by atoms with Gasteiger partial charge in [0.25, 0.3) is 0 Å². The van der Waals surface area contributed by atoms with Crippen molar-refractivity contribution in [2.45, 2.75) is 45.6 Å². The summed E-state index contributed by atoms with van der Waals surface area (Å²) >= 11 is 0. The van der Waals surface area contributed by atoms with Crippen LogP contribution >= 0.6 is 0 Å². The Morgan fingerprint density at radius 1 is 1.27 bits per heavy atom. The minimum atomic E-state index is 0.0893. The third-order valence-corrected chi connectivity index (χ3v) is 6.02. The predicted octanol–water partition coefficient (Wildman–Crippen LogP) is 2.60. The van der Waals surface area contributed by atoms with E-state index in [0.29, 0.717) is 45.2 Å². The predicted molar refractivity (Wildman–Crippen MR) is 114 cm³/mol. The average molecular weight is 408 g/mol. The minimum Gasteiger partial charge on any atom is -0.468 e. The fraction of sp³-hybridized carbons (Fsp3) is 0.522. The molecule has 0 radical (unpaired) electrons. The Morgan fingerprint density at radius 3 is 2.70 bits per heavy atom. The van der Waals surface area contributed by atoms with Crippen molar-refractivity contribution in [2.75, 3.05) is 37.6 Å². The van der Waals surface area contributed by atoms with Gasteiger partial charge >= 0.3 is 0 Å². The number of anilines is 1. The largest absolute Gasteiger partial charge is 0.468 e. The second-order valence-corrected chi connectivity index (χ2v) is 8.32. The highest BCUT2D eigenvalue weighted by Gasteiger charge is 2.29. The maximum atomic E-state index is 12.5. The van der Waals surface area contributed by atoms with Gasteiger partial charge in [-0.2, -0.15) is 5.26 Å². The van der Waals surface area contributed by atoms with Crippen molar-refractivity contribution in [3.63, 3.8) is 0 Å². The second kappa shape index (κ2) is 8.88. The molecule has 7 heteroatoms. The second-order valence-electron chi connectivity index (χ2n) is 8.32. The highest BCUT2D eigenvalue weighted by molar-refractivity contribution is 5.78. The number of fused-ring (bicyclic) bond motifs is 1. The minimum absolute atomic E-state index is 0.0893. The van der Waals surface area contributed by atoms with Gasteiger partial charge in [-0.25, -0.2) is 4.98 Å². The van der Waals surface area contributed by atoms with E-state index < -0.39 is 0 Å². The maximum absolute atomic E-state index is 12.5. The molecule has 1 aliphatic heterocycles. The summed E-state index contributed by atoms with van der Waals surface area (Å²) in [5.41, 5.74) is 4.37. The van der Waals surface area contributed by atoms with Crippen molar-refractivity contribution < 1.29 is 9.21 Å². The Hall–Kier alpha value is -2.85.